The zero-order valence-corrected chi connectivity index (χ0v) is 27.5. The van der Waals surface area contributed by atoms with Crippen LogP contribution in [0.4, 0.5) is 5.69 Å². The number of aryl methyl sites for hydroxylation is 1. The van der Waals surface area contributed by atoms with Gasteiger partial charge in [0.15, 0.2) is 0 Å². The normalized spacial score (nSPS) is 12.7. The molecule has 3 aromatic carbocycles. The Bertz CT molecular complexity index is 1500. The van der Waals surface area contributed by atoms with Gasteiger partial charge in [0, 0.05) is 22.6 Å². The Kier molecular flexibility index (Phi) is 12.3. The fourth-order valence-electron chi connectivity index (χ4n) is 4.44. The molecule has 0 bridgehead atoms. The first-order chi connectivity index (χ1) is 20.4. The molecular formula is C32H39Cl2N3O5S. The number of ether oxygens (including phenoxy) is 1. The Morgan fingerprint density at radius 2 is 1.58 bits per heavy atom. The smallest absolute Gasteiger partial charge is 0.264 e. The summed E-state index contributed by atoms with van der Waals surface area (Å²) < 4.78 is 34.7. The van der Waals surface area contributed by atoms with Gasteiger partial charge in [-0.25, -0.2) is 8.42 Å². The van der Waals surface area contributed by atoms with E-state index in [1.807, 2.05) is 27.7 Å². The molecule has 0 heterocycles. The third kappa shape index (κ3) is 8.87. The van der Waals surface area contributed by atoms with Crippen LogP contribution in [0.25, 0.3) is 0 Å². The largest absolute Gasteiger partial charge is 0.494 e. The minimum absolute atomic E-state index is 0.0248. The highest BCUT2D eigenvalue weighted by Crippen LogP contribution is 2.28. The van der Waals surface area contributed by atoms with Gasteiger partial charge < -0.3 is 15.0 Å². The number of nitrogens with zero attached hydrogens (tertiary/aromatic N) is 2. The average Bonchev–Trinajstić information content (AvgIpc) is 2.97. The zero-order valence-electron chi connectivity index (χ0n) is 25.1. The molecule has 1 N–H and O–H groups in total. The quantitative estimate of drug-likeness (QED) is 0.212. The van der Waals surface area contributed by atoms with Crippen LogP contribution in [0.15, 0.2) is 71.6 Å². The van der Waals surface area contributed by atoms with Crippen LogP contribution in [-0.2, 0) is 26.2 Å². The molecular weight excluding hydrogens is 609 g/mol. The standard InChI is InChI=1S/C32H39Cl2N3O5S/c1-6-23(5)35-32(39)30(7-2)36(20-24-11-12-25(33)19-29(24)34)31(38)21-37(26-13-15-27(16-14-26)42-8-3)43(40,41)28-17-9-22(4)10-18-28/h9-19,23,30H,6-8,20-21H2,1-5H3,(H,35,39). The molecule has 2 unspecified atom stereocenters. The number of hydrogen-bond acceptors (Lipinski definition) is 5. The minimum atomic E-state index is -4.19. The van der Waals surface area contributed by atoms with Crippen LogP contribution in [0.2, 0.25) is 10.0 Å². The van der Waals surface area contributed by atoms with Crippen molar-refractivity contribution in [2.45, 2.75) is 71.0 Å². The van der Waals surface area contributed by atoms with Crippen molar-refractivity contribution in [3.8, 4) is 5.75 Å². The van der Waals surface area contributed by atoms with Crippen molar-refractivity contribution < 1.29 is 22.7 Å². The number of sulfonamides is 1. The predicted molar refractivity (Wildman–Crippen MR) is 172 cm³/mol. The van der Waals surface area contributed by atoms with E-state index in [-0.39, 0.29) is 29.1 Å². The fraction of sp³-hybridized carbons (Fsp3) is 0.375. The fourth-order valence-corrected chi connectivity index (χ4v) is 6.32. The lowest BCUT2D eigenvalue weighted by Gasteiger charge is -2.34. The summed E-state index contributed by atoms with van der Waals surface area (Å²) >= 11 is 12.6. The summed E-state index contributed by atoms with van der Waals surface area (Å²) in [6.45, 7) is 9.22. The molecule has 0 aliphatic heterocycles. The van der Waals surface area contributed by atoms with E-state index in [1.165, 1.54) is 17.0 Å². The Labute approximate surface area is 265 Å². The van der Waals surface area contributed by atoms with Gasteiger partial charge in [-0.15, -0.1) is 0 Å². The maximum atomic E-state index is 14.2. The van der Waals surface area contributed by atoms with Crippen molar-refractivity contribution in [3.63, 3.8) is 0 Å². The van der Waals surface area contributed by atoms with Crippen molar-refractivity contribution in [1.82, 2.24) is 10.2 Å². The second kappa shape index (κ2) is 15.5. The summed E-state index contributed by atoms with van der Waals surface area (Å²) in [5, 5.41) is 3.72. The van der Waals surface area contributed by atoms with E-state index in [0.29, 0.717) is 40.8 Å². The number of carbonyl (C=O) groups is 2. The van der Waals surface area contributed by atoms with E-state index in [9.17, 15) is 18.0 Å². The topological polar surface area (TPSA) is 96.0 Å². The molecule has 0 aliphatic rings. The van der Waals surface area contributed by atoms with Crippen LogP contribution in [-0.4, -0.2) is 50.4 Å². The molecule has 11 heteroatoms. The number of halogens is 2. The lowest BCUT2D eigenvalue weighted by molar-refractivity contribution is -0.140. The summed E-state index contributed by atoms with van der Waals surface area (Å²) in [5.41, 5.74) is 1.74. The molecule has 0 spiro atoms. The molecule has 8 nitrogen and oxygen atoms in total. The average molecular weight is 649 g/mol. The van der Waals surface area contributed by atoms with Crippen molar-refractivity contribution in [2.75, 3.05) is 17.5 Å². The second-order valence-electron chi connectivity index (χ2n) is 10.3. The molecule has 2 amide bonds. The van der Waals surface area contributed by atoms with Crippen LogP contribution < -0.4 is 14.4 Å². The lowest BCUT2D eigenvalue weighted by atomic mass is 10.1. The predicted octanol–water partition coefficient (Wildman–Crippen LogP) is 6.62. The minimum Gasteiger partial charge on any atom is -0.494 e. The SMILES string of the molecule is CCOc1ccc(N(CC(=O)N(Cc2ccc(Cl)cc2Cl)C(CC)C(=O)NC(C)CC)S(=O)(=O)c2ccc(C)cc2)cc1. The maximum absolute atomic E-state index is 14.2. The van der Waals surface area contributed by atoms with Crippen molar-refractivity contribution >= 4 is 50.7 Å². The van der Waals surface area contributed by atoms with Crippen LogP contribution in [0.3, 0.4) is 0 Å². The first kappa shape index (κ1) is 34.2. The van der Waals surface area contributed by atoms with Crippen LogP contribution in [0, 0.1) is 6.92 Å². The number of rotatable bonds is 14. The van der Waals surface area contributed by atoms with Gasteiger partial charge in [-0.1, -0.05) is 60.8 Å². The Morgan fingerprint density at radius 3 is 2.14 bits per heavy atom. The van der Waals surface area contributed by atoms with Crippen LogP contribution in [0.1, 0.15) is 51.7 Å². The molecule has 3 aromatic rings. The van der Waals surface area contributed by atoms with E-state index >= 15 is 0 Å². The first-order valence-corrected chi connectivity index (χ1v) is 16.5. The molecule has 2 atom stereocenters. The summed E-state index contributed by atoms with van der Waals surface area (Å²) in [7, 11) is -4.19. The third-order valence-corrected chi connectivity index (χ3v) is 9.44. The number of hydrogen-bond donors (Lipinski definition) is 1. The molecule has 0 aliphatic carbocycles. The Balaban J connectivity index is 2.08. The van der Waals surface area contributed by atoms with Crippen molar-refractivity contribution in [3.05, 3.63) is 87.9 Å². The van der Waals surface area contributed by atoms with Gasteiger partial charge in [0.25, 0.3) is 10.0 Å². The van der Waals surface area contributed by atoms with Crippen molar-refractivity contribution in [1.29, 1.82) is 0 Å². The van der Waals surface area contributed by atoms with Crippen molar-refractivity contribution in [2.24, 2.45) is 0 Å². The maximum Gasteiger partial charge on any atom is 0.264 e. The van der Waals surface area contributed by atoms with Gasteiger partial charge in [-0.3, -0.25) is 13.9 Å². The highest BCUT2D eigenvalue weighted by molar-refractivity contribution is 7.92. The van der Waals surface area contributed by atoms with E-state index in [2.05, 4.69) is 5.32 Å². The molecule has 43 heavy (non-hydrogen) atoms. The van der Waals surface area contributed by atoms with E-state index in [4.69, 9.17) is 27.9 Å². The lowest BCUT2D eigenvalue weighted by Crippen LogP contribution is -2.53. The summed E-state index contributed by atoms with van der Waals surface area (Å²) in [6, 6.07) is 16.8. The van der Waals surface area contributed by atoms with Gasteiger partial charge in [0.05, 0.1) is 17.2 Å². The van der Waals surface area contributed by atoms with Crippen LogP contribution in [0.5, 0.6) is 5.75 Å². The number of anilines is 1. The first-order valence-electron chi connectivity index (χ1n) is 14.3. The number of amides is 2. The molecule has 0 aromatic heterocycles. The summed E-state index contributed by atoms with van der Waals surface area (Å²) in [5.74, 6) is -0.330. The number of carbonyl (C=O) groups excluding carboxylic acids is 2. The zero-order chi connectivity index (χ0) is 31.7. The van der Waals surface area contributed by atoms with E-state index in [0.717, 1.165) is 9.87 Å². The highest BCUT2D eigenvalue weighted by Gasteiger charge is 2.34. The van der Waals surface area contributed by atoms with Crippen LogP contribution >= 0.6 is 23.2 Å². The highest BCUT2D eigenvalue weighted by atomic mass is 35.5. The van der Waals surface area contributed by atoms with E-state index < -0.39 is 28.5 Å². The summed E-state index contributed by atoms with van der Waals surface area (Å²) in [6.07, 6.45) is 1.01. The molecule has 3 rings (SSSR count). The van der Waals surface area contributed by atoms with Gasteiger partial charge in [-0.2, -0.15) is 0 Å². The molecule has 0 fully saturated rings. The molecule has 0 saturated heterocycles. The third-order valence-electron chi connectivity index (χ3n) is 7.07. The van der Waals surface area contributed by atoms with Gasteiger partial charge in [-0.05, 0) is 87.7 Å². The van der Waals surface area contributed by atoms with Gasteiger partial charge in [0.1, 0.15) is 18.3 Å². The number of nitrogens with one attached hydrogen (secondary N) is 1. The monoisotopic (exact) mass is 647 g/mol. The Morgan fingerprint density at radius 1 is 0.930 bits per heavy atom. The summed E-state index contributed by atoms with van der Waals surface area (Å²) in [4.78, 5) is 29.1. The van der Waals surface area contributed by atoms with E-state index in [1.54, 1.807) is 61.5 Å². The Hall–Kier alpha value is -3.27. The molecule has 232 valence electrons. The molecule has 0 radical (unpaired) electrons. The second-order valence-corrected chi connectivity index (χ2v) is 13.0. The van der Waals surface area contributed by atoms with Gasteiger partial charge in [0.2, 0.25) is 11.8 Å². The molecule has 0 saturated carbocycles. The number of benzene rings is 3. The van der Waals surface area contributed by atoms with Gasteiger partial charge >= 0.3 is 0 Å².